The highest BCUT2D eigenvalue weighted by atomic mass is 16.2. The third kappa shape index (κ3) is 2.82. The first-order valence-corrected chi connectivity index (χ1v) is 9.53. The van der Waals surface area contributed by atoms with E-state index in [-0.39, 0.29) is 23.4 Å². The van der Waals surface area contributed by atoms with E-state index < -0.39 is 0 Å². The van der Waals surface area contributed by atoms with Crippen molar-refractivity contribution in [1.82, 2.24) is 24.8 Å². The van der Waals surface area contributed by atoms with Gasteiger partial charge in [-0.05, 0) is 35.7 Å². The van der Waals surface area contributed by atoms with Crippen LogP contribution in [-0.4, -0.2) is 32.0 Å². The number of fused-ring (bicyclic) bond motifs is 2. The van der Waals surface area contributed by atoms with Crippen LogP contribution in [0.1, 0.15) is 40.4 Å². The van der Waals surface area contributed by atoms with Gasteiger partial charge in [-0.3, -0.25) is 9.78 Å². The second kappa shape index (κ2) is 6.70. The molecule has 5 rings (SSSR count). The van der Waals surface area contributed by atoms with Gasteiger partial charge in [-0.15, -0.1) is 0 Å². The van der Waals surface area contributed by atoms with Crippen LogP contribution in [0.3, 0.4) is 0 Å². The lowest BCUT2D eigenvalue weighted by molar-refractivity contribution is 0.0937. The maximum Gasteiger partial charge on any atom is 0.333 e. The number of rotatable bonds is 3. The molecule has 7 nitrogen and oxygen atoms in total. The number of pyridine rings is 2. The van der Waals surface area contributed by atoms with E-state index in [1.54, 1.807) is 24.4 Å². The van der Waals surface area contributed by atoms with E-state index >= 15 is 0 Å². The monoisotopic (exact) mass is 385 g/mol. The van der Waals surface area contributed by atoms with Gasteiger partial charge in [0.25, 0.3) is 5.91 Å². The van der Waals surface area contributed by atoms with E-state index in [1.165, 1.54) is 10.1 Å². The first kappa shape index (κ1) is 17.4. The highest BCUT2D eigenvalue weighted by molar-refractivity contribution is 5.96. The maximum atomic E-state index is 12.6. The molecule has 0 radical (unpaired) electrons. The number of carbonyl (C=O) groups is 1. The number of hydrogen-bond donors (Lipinski definition) is 2. The zero-order chi connectivity index (χ0) is 20.0. The number of imidazole rings is 1. The Morgan fingerprint density at radius 2 is 1.90 bits per heavy atom. The minimum atomic E-state index is -0.306. The summed E-state index contributed by atoms with van der Waals surface area (Å²) in [5.74, 6) is 0.500. The Bertz CT molecular complexity index is 1280. The summed E-state index contributed by atoms with van der Waals surface area (Å²) in [5.41, 5.74) is 3.30. The molecule has 0 spiro atoms. The minimum absolute atomic E-state index is 0.00378. The Morgan fingerprint density at radius 3 is 2.72 bits per heavy atom. The molecule has 7 heteroatoms. The van der Waals surface area contributed by atoms with Crippen molar-refractivity contribution >= 4 is 17.1 Å². The van der Waals surface area contributed by atoms with Gasteiger partial charge in [-0.2, -0.15) is 0 Å². The molecule has 2 N–H and O–H groups in total. The summed E-state index contributed by atoms with van der Waals surface area (Å²) >= 11 is 0. The van der Waals surface area contributed by atoms with Crippen molar-refractivity contribution in [2.45, 2.75) is 18.8 Å². The topological polar surface area (TPSA) is 92.7 Å². The summed E-state index contributed by atoms with van der Waals surface area (Å²) in [5, 5.41) is 2.97. The number of benzene rings is 1. The van der Waals surface area contributed by atoms with Crippen LogP contribution in [0.2, 0.25) is 0 Å². The fraction of sp³-hybridized carbons (Fsp3) is 0.182. The fourth-order valence-corrected chi connectivity index (χ4v) is 4.03. The second-order valence-electron chi connectivity index (χ2n) is 7.25. The average molecular weight is 385 g/mol. The molecule has 4 aromatic rings. The van der Waals surface area contributed by atoms with Gasteiger partial charge >= 0.3 is 5.69 Å². The van der Waals surface area contributed by atoms with Crippen LogP contribution in [0.25, 0.3) is 17.0 Å². The maximum absolute atomic E-state index is 12.6. The van der Waals surface area contributed by atoms with Crippen LogP contribution in [0.15, 0.2) is 65.6 Å². The molecule has 0 saturated carbocycles. The molecule has 0 bridgehead atoms. The fourth-order valence-electron chi connectivity index (χ4n) is 4.03. The molecule has 0 aliphatic carbocycles. The molecule has 144 valence electrons. The third-order valence-corrected chi connectivity index (χ3v) is 5.60. The van der Waals surface area contributed by atoms with E-state index in [1.807, 2.05) is 24.3 Å². The quantitative estimate of drug-likeness (QED) is 0.567. The van der Waals surface area contributed by atoms with Gasteiger partial charge < -0.3 is 5.32 Å². The highest BCUT2D eigenvalue weighted by Crippen LogP contribution is 2.35. The zero-order valence-corrected chi connectivity index (χ0v) is 15.8. The van der Waals surface area contributed by atoms with Crippen molar-refractivity contribution in [1.29, 1.82) is 0 Å². The lowest BCUT2D eigenvalue weighted by Crippen LogP contribution is -2.38. The number of H-pyrrole nitrogens is 1. The van der Waals surface area contributed by atoms with Gasteiger partial charge in [0.2, 0.25) is 0 Å². The summed E-state index contributed by atoms with van der Waals surface area (Å²) in [7, 11) is 0. The number of hydrogen-bond acceptors (Lipinski definition) is 4. The normalized spacial score (nSPS) is 17.0. The number of carbonyl (C=O) groups excluding carboxylic acids is 1. The van der Waals surface area contributed by atoms with Gasteiger partial charge in [-0.1, -0.05) is 37.3 Å². The standard InChI is InChI=1S/C22H19N5O2/c1-13(14-6-3-2-4-7-14)16-12-24-21(28)15-9-10-18(25-19(15)16)27-17-8-5-11-23-20(17)26-22(27)29/h2-11,13,16H,12H2,1H3,(H,24,28)(H,23,26,29)/t13-,16+/m0/s1. The minimum Gasteiger partial charge on any atom is -0.351 e. The summed E-state index contributed by atoms with van der Waals surface area (Å²) in [6.45, 7) is 2.64. The molecule has 1 amide bonds. The molecule has 1 aliphatic heterocycles. The molecule has 1 aromatic carbocycles. The number of amides is 1. The number of aromatic amines is 1. The van der Waals surface area contributed by atoms with Crippen molar-refractivity contribution in [3.63, 3.8) is 0 Å². The largest absolute Gasteiger partial charge is 0.351 e. The predicted molar refractivity (Wildman–Crippen MR) is 109 cm³/mol. The van der Waals surface area contributed by atoms with Crippen molar-refractivity contribution in [3.05, 3.63) is 88.1 Å². The lowest BCUT2D eigenvalue weighted by atomic mass is 9.81. The second-order valence-corrected chi connectivity index (χ2v) is 7.25. The zero-order valence-electron chi connectivity index (χ0n) is 15.8. The molecule has 2 atom stereocenters. The number of nitrogens with zero attached hydrogens (tertiary/aromatic N) is 3. The number of nitrogens with one attached hydrogen (secondary N) is 2. The molecule has 0 saturated heterocycles. The third-order valence-electron chi connectivity index (χ3n) is 5.60. The summed E-state index contributed by atoms with van der Waals surface area (Å²) in [6, 6.07) is 17.2. The summed E-state index contributed by atoms with van der Waals surface area (Å²) < 4.78 is 1.50. The van der Waals surface area contributed by atoms with Gasteiger partial charge in [0.05, 0.1) is 16.8 Å². The van der Waals surface area contributed by atoms with E-state index in [2.05, 4.69) is 34.3 Å². The Hall–Kier alpha value is -3.74. The van der Waals surface area contributed by atoms with Gasteiger partial charge in [0.15, 0.2) is 5.65 Å². The van der Waals surface area contributed by atoms with Crippen LogP contribution in [0.4, 0.5) is 0 Å². The van der Waals surface area contributed by atoms with E-state index in [4.69, 9.17) is 4.98 Å². The Balaban J connectivity index is 1.66. The molecule has 1 aliphatic rings. The first-order valence-electron chi connectivity index (χ1n) is 9.53. The van der Waals surface area contributed by atoms with Crippen LogP contribution in [-0.2, 0) is 0 Å². The van der Waals surface area contributed by atoms with Crippen molar-refractivity contribution in [2.75, 3.05) is 6.54 Å². The Morgan fingerprint density at radius 1 is 1.07 bits per heavy atom. The highest BCUT2D eigenvalue weighted by Gasteiger charge is 2.32. The Kier molecular flexibility index (Phi) is 4.01. The molecule has 4 heterocycles. The van der Waals surface area contributed by atoms with Crippen molar-refractivity contribution in [2.24, 2.45) is 0 Å². The molecular formula is C22H19N5O2. The van der Waals surface area contributed by atoms with Crippen molar-refractivity contribution < 1.29 is 4.79 Å². The molecular weight excluding hydrogens is 366 g/mol. The first-order chi connectivity index (χ1) is 14.1. The van der Waals surface area contributed by atoms with E-state index in [0.29, 0.717) is 34.8 Å². The van der Waals surface area contributed by atoms with Crippen LogP contribution < -0.4 is 11.0 Å². The van der Waals surface area contributed by atoms with Crippen LogP contribution in [0.5, 0.6) is 0 Å². The lowest BCUT2D eigenvalue weighted by Gasteiger charge is -2.30. The van der Waals surface area contributed by atoms with Crippen molar-refractivity contribution in [3.8, 4) is 5.82 Å². The summed E-state index contributed by atoms with van der Waals surface area (Å²) in [4.78, 5) is 36.7. The van der Waals surface area contributed by atoms with Gasteiger partial charge in [0.1, 0.15) is 5.82 Å². The average Bonchev–Trinajstić information content (AvgIpc) is 3.09. The molecule has 29 heavy (non-hydrogen) atoms. The molecule has 0 unspecified atom stereocenters. The van der Waals surface area contributed by atoms with Crippen LogP contribution >= 0.6 is 0 Å². The van der Waals surface area contributed by atoms with Gasteiger partial charge in [-0.25, -0.2) is 19.3 Å². The molecule has 0 fully saturated rings. The number of aromatic nitrogens is 4. The predicted octanol–water partition coefficient (Wildman–Crippen LogP) is 2.74. The van der Waals surface area contributed by atoms with Gasteiger partial charge in [0, 0.05) is 18.7 Å². The van der Waals surface area contributed by atoms with E-state index in [9.17, 15) is 9.59 Å². The smallest absolute Gasteiger partial charge is 0.333 e. The molecule has 3 aromatic heterocycles. The summed E-state index contributed by atoms with van der Waals surface area (Å²) in [6.07, 6.45) is 1.63. The Labute approximate surface area is 166 Å². The SMILES string of the molecule is C[C@@H](c1ccccc1)[C@H]1CNC(=O)c2ccc(-n3c(=O)[nH]c4ncccc43)nc21. The van der Waals surface area contributed by atoms with Crippen LogP contribution in [0, 0.1) is 0 Å². The van der Waals surface area contributed by atoms with E-state index in [0.717, 1.165) is 0 Å².